The summed E-state index contributed by atoms with van der Waals surface area (Å²) in [6.45, 7) is 9.45. The van der Waals surface area contributed by atoms with E-state index in [4.69, 9.17) is 0 Å². The Hall–Kier alpha value is -9.84. The zero-order chi connectivity index (χ0) is 52.5. The first kappa shape index (κ1) is 44.3. The van der Waals surface area contributed by atoms with E-state index in [0.717, 1.165) is 27.6 Å². The van der Waals surface area contributed by atoms with E-state index in [-0.39, 0.29) is 10.8 Å². The second-order valence-corrected chi connectivity index (χ2v) is 23.0. The van der Waals surface area contributed by atoms with Crippen LogP contribution in [0.15, 0.2) is 237 Å². The molecular weight excluding hydrogens is 959 g/mol. The third-order valence-corrected chi connectivity index (χ3v) is 18.2. The van der Waals surface area contributed by atoms with Crippen molar-refractivity contribution in [1.29, 1.82) is 0 Å². The van der Waals surface area contributed by atoms with Gasteiger partial charge < -0.3 is 13.7 Å². The van der Waals surface area contributed by atoms with Gasteiger partial charge in [0.25, 0.3) is 0 Å². The fourth-order valence-corrected chi connectivity index (χ4v) is 14.3. The molecule has 0 saturated carbocycles. The summed E-state index contributed by atoms with van der Waals surface area (Å²) in [6, 6.07) is 86.4. The zero-order valence-corrected chi connectivity index (χ0v) is 44.3. The van der Waals surface area contributed by atoms with Crippen LogP contribution in [0.2, 0.25) is 0 Å². The largest absolute Gasteiger partial charge is 0.309 e. The standard InChI is InChI=1S/C74H51N5/c1-73(2)62-17-9-5-13-52(62)54-28-25-50(42-64(54)73)78-67-19-11-7-15-56(67)58-38-44(21-31-69(58)78)46-23-33-71-60(40-46)61-41-47(24-34-72(61)77(71)49-27-30-66-48(37-49)35-36-75-76-66)45-22-32-70-59(39-45)57-16-8-12-20-68(57)79(70)51-26-29-55-53-14-6-10-18-63(53)74(3,4)65(55)43-51/h5-43H,1-4H3. The Kier molecular flexibility index (Phi) is 8.90. The number of hydrogen-bond donors (Lipinski definition) is 0. The molecule has 0 amide bonds. The first-order valence-electron chi connectivity index (χ1n) is 27.5. The number of para-hydroxylation sites is 2. The van der Waals surface area contributed by atoms with E-state index < -0.39 is 0 Å². The minimum Gasteiger partial charge on any atom is -0.309 e. The number of benzene rings is 11. The Morgan fingerprint density at radius 2 is 0.658 bits per heavy atom. The van der Waals surface area contributed by atoms with Gasteiger partial charge in [0.15, 0.2) is 0 Å². The lowest BCUT2D eigenvalue weighted by Crippen LogP contribution is -2.15. The lowest BCUT2D eigenvalue weighted by Gasteiger charge is -2.22. The van der Waals surface area contributed by atoms with E-state index in [9.17, 15) is 0 Å². The van der Waals surface area contributed by atoms with Crippen molar-refractivity contribution < 1.29 is 0 Å². The Morgan fingerprint density at radius 1 is 0.291 bits per heavy atom. The molecular formula is C74H51N5. The molecule has 5 heteroatoms. The van der Waals surface area contributed by atoms with E-state index in [0.29, 0.717) is 0 Å². The second kappa shape index (κ2) is 15.9. The lowest BCUT2D eigenvalue weighted by molar-refractivity contribution is 0.660. The predicted octanol–water partition coefficient (Wildman–Crippen LogP) is 18.9. The second-order valence-electron chi connectivity index (χ2n) is 23.0. The summed E-state index contributed by atoms with van der Waals surface area (Å²) in [6.07, 6.45) is 1.77. The van der Waals surface area contributed by atoms with E-state index in [1.165, 1.54) is 133 Å². The molecule has 5 nitrogen and oxygen atoms in total. The average Bonchev–Trinajstić information content (AvgIpc) is 4.31. The van der Waals surface area contributed by atoms with Gasteiger partial charge in [-0.2, -0.15) is 10.2 Å². The van der Waals surface area contributed by atoms with Crippen LogP contribution in [-0.4, -0.2) is 23.9 Å². The number of fused-ring (bicyclic) bond motifs is 16. The molecule has 0 N–H and O–H groups in total. The number of rotatable bonds is 5. The van der Waals surface area contributed by atoms with Crippen LogP contribution in [0.1, 0.15) is 49.9 Å². The number of nitrogens with zero attached hydrogens (tertiary/aromatic N) is 5. The molecule has 2 aliphatic carbocycles. The molecule has 0 atom stereocenters. The molecule has 15 aromatic rings. The molecule has 17 rings (SSSR count). The molecule has 79 heavy (non-hydrogen) atoms. The first-order chi connectivity index (χ1) is 38.7. The van der Waals surface area contributed by atoms with Crippen LogP contribution in [0.5, 0.6) is 0 Å². The highest BCUT2D eigenvalue weighted by Gasteiger charge is 2.37. The highest BCUT2D eigenvalue weighted by atomic mass is 15.1. The van der Waals surface area contributed by atoms with Gasteiger partial charge in [0, 0.05) is 65.6 Å². The van der Waals surface area contributed by atoms with E-state index in [1.54, 1.807) is 6.20 Å². The van der Waals surface area contributed by atoms with E-state index in [1.807, 2.05) is 6.07 Å². The SMILES string of the molecule is CC1(C)c2ccccc2-c2ccc(-n3c4ccccc4c4cc(-c5ccc6c(c5)c5cc(-c7ccc8c(c7)c7ccccc7n8-c7ccc8c(c7)C(C)(C)c7ccccc7-8)ccc5n6-c5ccc6nnccc6c5)ccc43)cc21. The van der Waals surface area contributed by atoms with Crippen molar-refractivity contribution in [3.63, 3.8) is 0 Å². The summed E-state index contributed by atoms with van der Waals surface area (Å²) in [5.41, 5.74) is 26.8. The number of hydrogen-bond acceptors (Lipinski definition) is 2. The third-order valence-electron chi connectivity index (χ3n) is 18.2. The fourth-order valence-electron chi connectivity index (χ4n) is 14.3. The summed E-state index contributed by atoms with van der Waals surface area (Å²) in [4.78, 5) is 0. The van der Waals surface area contributed by atoms with Gasteiger partial charge in [-0.05, 0) is 176 Å². The van der Waals surface area contributed by atoms with Crippen LogP contribution < -0.4 is 0 Å². The Labute approximate surface area is 456 Å². The van der Waals surface area contributed by atoms with Crippen LogP contribution in [0.25, 0.3) is 138 Å². The third kappa shape index (κ3) is 6.16. The summed E-state index contributed by atoms with van der Waals surface area (Å²) in [5, 5.41) is 17.0. The maximum absolute atomic E-state index is 4.43. The molecule has 4 heterocycles. The molecule has 0 unspecified atom stereocenters. The molecule has 2 aliphatic rings. The topological polar surface area (TPSA) is 40.6 Å². The summed E-state index contributed by atoms with van der Waals surface area (Å²) >= 11 is 0. The monoisotopic (exact) mass is 1010 g/mol. The van der Waals surface area contributed by atoms with Crippen LogP contribution >= 0.6 is 0 Å². The van der Waals surface area contributed by atoms with Gasteiger partial charge in [-0.3, -0.25) is 0 Å². The molecule has 4 aromatic heterocycles. The molecule has 0 fully saturated rings. The Bertz CT molecular complexity index is 4870. The maximum atomic E-state index is 4.43. The quantitative estimate of drug-likeness (QED) is 0.172. The lowest BCUT2D eigenvalue weighted by atomic mass is 9.82. The van der Waals surface area contributed by atoms with Crippen LogP contribution in [0.4, 0.5) is 0 Å². The normalized spacial score (nSPS) is 14.0. The van der Waals surface area contributed by atoms with Crippen molar-refractivity contribution in [2.24, 2.45) is 0 Å². The first-order valence-corrected chi connectivity index (χ1v) is 27.5. The van der Waals surface area contributed by atoms with Gasteiger partial charge >= 0.3 is 0 Å². The van der Waals surface area contributed by atoms with Crippen molar-refractivity contribution in [3.8, 4) is 61.6 Å². The Balaban J connectivity index is 0.817. The van der Waals surface area contributed by atoms with Crippen molar-refractivity contribution in [1.82, 2.24) is 23.9 Å². The molecule has 0 bridgehead atoms. The molecule has 11 aromatic carbocycles. The fraction of sp³-hybridized carbons (Fsp3) is 0.0811. The van der Waals surface area contributed by atoms with Crippen LogP contribution in [-0.2, 0) is 10.8 Å². The molecule has 0 radical (unpaired) electrons. The summed E-state index contributed by atoms with van der Waals surface area (Å²) < 4.78 is 7.34. The van der Waals surface area contributed by atoms with Crippen molar-refractivity contribution >= 4 is 76.3 Å². The predicted molar refractivity (Wildman–Crippen MR) is 329 cm³/mol. The van der Waals surface area contributed by atoms with E-state index >= 15 is 0 Å². The minimum atomic E-state index is -0.0929. The van der Waals surface area contributed by atoms with Gasteiger partial charge in [0.1, 0.15) is 0 Å². The van der Waals surface area contributed by atoms with Crippen molar-refractivity contribution in [2.45, 2.75) is 38.5 Å². The molecule has 0 spiro atoms. The minimum absolute atomic E-state index is 0.0929. The van der Waals surface area contributed by atoms with Gasteiger partial charge in [-0.1, -0.05) is 149 Å². The van der Waals surface area contributed by atoms with Crippen LogP contribution in [0, 0.1) is 0 Å². The summed E-state index contributed by atoms with van der Waals surface area (Å²) in [5.74, 6) is 0. The van der Waals surface area contributed by atoms with Gasteiger partial charge in [-0.15, -0.1) is 0 Å². The van der Waals surface area contributed by atoms with Crippen molar-refractivity contribution in [3.05, 3.63) is 259 Å². The summed E-state index contributed by atoms with van der Waals surface area (Å²) in [7, 11) is 0. The smallest absolute Gasteiger partial charge is 0.0931 e. The van der Waals surface area contributed by atoms with Gasteiger partial charge in [0.2, 0.25) is 0 Å². The molecule has 0 aliphatic heterocycles. The van der Waals surface area contributed by atoms with Crippen molar-refractivity contribution in [2.75, 3.05) is 0 Å². The van der Waals surface area contributed by atoms with Gasteiger partial charge in [0.05, 0.1) is 44.8 Å². The zero-order valence-electron chi connectivity index (χ0n) is 44.3. The Morgan fingerprint density at radius 3 is 1.13 bits per heavy atom. The van der Waals surface area contributed by atoms with Crippen LogP contribution in [0.3, 0.4) is 0 Å². The highest BCUT2D eigenvalue weighted by molar-refractivity contribution is 6.15. The maximum Gasteiger partial charge on any atom is 0.0931 e. The van der Waals surface area contributed by atoms with Gasteiger partial charge in [-0.25, -0.2) is 0 Å². The van der Waals surface area contributed by atoms with E-state index in [2.05, 4.69) is 276 Å². The highest BCUT2D eigenvalue weighted by Crippen LogP contribution is 2.52. The average molecular weight is 1010 g/mol. The molecule has 0 saturated heterocycles. The number of aromatic nitrogens is 5. The molecule has 372 valence electrons.